The molecule has 0 atom stereocenters. The number of carbonyl (C=O) groups excluding carboxylic acids is 2. The van der Waals surface area contributed by atoms with Crippen LogP contribution in [0.2, 0.25) is 0 Å². The molecule has 1 fully saturated rings. The largest absolute Gasteiger partial charge is 0.335 e. The number of piperazine rings is 1. The Bertz CT molecular complexity index is 794. The molecule has 0 radical (unpaired) electrons. The molecule has 2 aromatic carbocycles. The minimum absolute atomic E-state index is 0.00951. The highest BCUT2D eigenvalue weighted by Gasteiger charge is 2.25. The third-order valence-electron chi connectivity index (χ3n) is 4.56. The summed E-state index contributed by atoms with van der Waals surface area (Å²) in [5.74, 6) is -0.444. The maximum absolute atomic E-state index is 13.4. The van der Waals surface area contributed by atoms with Crippen molar-refractivity contribution in [3.8, 4) is 0 Å². The van der Waals surface area contributed by atoms with Crippen LogP contribution in [-0.4, -0.2) is 47.8 Å². The van der Waals surface area contributed by atoms with Gasteiger partial charge in [0.2, 0.25) is 0 Å². The Balaban J connectivity index is 1.63. The highest BCUT2D eigenvalue weighted by atomic mass is 19.1. The number of amides is 2. The smallest absolute Gasteiger partial charge is 0.253 e. The first-order valence-electron chi connectivity index (χ1n) is 8.37. The third-order valence-corrected chi connectivity index (χ3v) is 4.56. The van der Waals surface area contributed by atoms with Crippen LogP contribution >= 0.6 is 0 Å². The van der Waals surface area contributed by atoms with Gasteiger partial charge < -0.3 is 9.80 Å². The quantitative estimate of drug-likeness (QED) is 0.843. The number of nitrogens with zero attached hydrogens (tertiary/aromatic N) is 2. The van der Waals surface area contributed by atoms with Gasteiger partial charge in [-0.25, -0.2) is 4.39 Å². The van der Waals surface area contributed by atoms with Gasteiger partial charge in [0, 0.05) is 37.3 Å². The second kappa shape index (κ2) is 7.05. The zero-order chi connectivity index (χ0) is 18.0. The van der Waals surface area contributed by atoms with E-state index in [4.69, 9.17) is 0 Å². The molecule has 0 N–H and O–H groups in total. The van der Waals surface area contributed by atoms with E-state index >= 15 is 0 Å². The van der Waals surface area contributed by atoms with Gasteiger partial charge in [-0.3, -0.25) is 9.59 Å². The molecule has 25 heavy (non-hydrogen) atoms. The molecule has 1 aliphatic rings. The molecule has 0 saturated carbocycles. The molecule has 4 nitrogen and oxygen atoms in total. The highest BCUT2D eigenvalue weighted by molar-refractivity contribution is 5.96. The molecule has 0 aliphatic carbocycles. The number of benzene rings is 2. The van der Waals surface area contributed by atoms with Crippen molar-refractivity contribution in [1.29, 1.82) is 0 Å². The summed E-state index contributed by atoms with van der Waals surface area (Å²) >= 11 is 0. The van der Waals surface area contributed by atoms with E-state index < -0.39 is 0 Å². The highest BCUT2D eigenvalue weighted by Crippen LogP contribution is 2.15. The number of rotatable bonds is 2. The molecule has 2 amide bonds. The lowest BCUT2D eigenvalue weighted by Crippen LogP contribution is -2.50. The first-order valence-corrected chi connectivity index (χ1v) is 8.37. The van der Waals surface area contributed by atoms with E-state index in [0.29, 0.717) is 42.9 Å². The van der Waals surface area contributed by atoms with Crippen LogP contribution in [0.3, 0.4) is 0 Å². The zero-order valence-corrected chi connectivity index (χ0v) is 14.5. The fourth-order valence-electron chi connectivity index (χ4n) is 2.95. The van der Waals surface area contributed by atoms with Crippen LogP contribution in [0.5, 0.6) is 0 Å². The van der Waals surface area contributed by atoms with Crippen molar-refractivity contribution >= 4 is 11.8 Å². The Morgan fingerprint density at radius 1 is 0.800 bits per heavy atom. The number of carbonyl (C=O) groups is 2. The molecule has 0 bridgehead atoms. The van der Waals surface area contributed by atoms with Gasteiger partial charge in [0.15, 0.2) is 0 Å². The Labute approximate surface area is 146 Å². The van der Waals surface area contributed by atoms with Crippen LogP contribution in [0.1, 0.15) is 31.8 Å². The number of hydrogen-bond donors (Lipinski definition) is 0. The molecule has 1 heterocycles. The molecule has 3 rings (SSSR count). The van der Waals surface area contributed by atoms with Gasteiger partial charge in [-0.15, -0.1) is 0 Å². The van der Waals surface area contributed by atoms with Gasteiger partial charge in [-0.1, -0.05) is 17.7 Å². The summed E-state index contributed by atoms with van der Waals surface area (Å²) < 4.78 is 13.4. The van der Waals surface area contributed by atoms with Crippen molar-refractivity contribution in [2.24, 2.45) is 0 Å². The Morgan fingerprint density at radius 2 is 1.28 bits per heavy atom. The van der Waals surface area contributed by atoms with Crippen LogP contribution in [0.15, 0.2) is 42.5 Å². The van der Waals surface area contributed by atoms with E-state index in [1.54, 1.807) is 22.8 Å². The molecule has 1 aliphatic heterocycles. The minimum Gasteiger partial charge on any atom is -0.335 e. The molecular formula is C20H21FN2O2. The molecule has 0 spiro atoms. The number of halogens is 1. The van der Waals surface area contributed by atoms with E-state index in [9.17, 15) is 14.0 Å². The van der Waals surface area contributed by atoms with Gasteiger partial charge >= 0.3 is 0 Å². The predicted molar refractivity (Wildman–Crippen MR) is 94.1 cm³/mol. The van der Waals surface area contributed by atoms with Crippen molar-refractivity contribution in [2.45, 2.75) is 13.8 Å². The number of hydrogen-bond acceptors (Lipinski definition) is 2. The summed E-state index contributed by atoms with van der Waals surface area (Å²) in [5, 5.41) is 0. The van der Waals surface area contributed by atoms with E-state index in [2.05, 4.69) is 0 Å². The van der Waals surface area contributed by atoms with Crippen LogP contribution in [0.4, 0.5) is 4.39 Å². The molecular weight excluding hydrogens is 319 g/mol. The first kappa shape index (κ1) is 17.1. The Hall–Kier alpha value is -2.69. The van der Waals surface area contributed by atoms with Crippen LogP contribution in [-0.2, 0) is 0 Å². The summed E-state index contributed by atoms with van der Waals surface area (Å²) in [6, 6.07) is 11.9. The van der Waals surface area contributed by atoms with Crippen molar-refractivity contribution in [3.63, 3.8) is 0 Å². The Kier molecular flexibility index (Phi) is 4.83. The maximum Gasteiger partial charge on any atom is 0.253 e. The van der Waals surface area contributed by atoms with Gasteiger partial charge in [-0.05, 0) is 49.7 Å². The second-order valence-electron chi connectivity index (χ2n) is 6.41. The van der Waals surface area contributed by atoms with Gasteiger partial charge in [0.1, 0.15) is 5.82 Å². The topological polar surface area (TPSA) is 40.6 Å². The Morgan fingerprint density at radius 3 is 1.80 bits per heavy atom. The normalized spacial score (nSPS) is 14.5. The standard InChI is InChI=1S/C20H21FN2O2/c1-14-3-5-16(6-4-14)19(24)22-9-11-23(12-10-22)20(25)17-7-8-18(21)15(2)13-17/h3-8,13H,9-12H2,1-2H3. The molecule has 5 heteroatoms. The zero-order valence-electron chi connectivity index (χ0n) is 14.5. The fourth-order valence-corrected chi connectivity index (χ4v) is 2.95. The predicted octanol–water partition coefficient (Wildman–Crippen LogP) is 3.04. The van der Waals surface area contributed by atoms with Crippen LogP contribution < -0.4 is 0 Å². The lowest BCUT2D eigenvalue weighted by atomic mass is 10.1. The average molecular weight is 340 g/mol. The molecule has 0 aromatic heterocycles. The number of aryl methyl sites for hydroxylation is 2. The van der Waals surface area contributed by atoms with Gasteiger partial charge in [-0.2, -0.15) is 0 Å². The fraction of sp³-hybridized carbons (Fsp3) is 0.300. The lowest BCUT2D eigenvalue weighted by Gasteiger charge is -2.35. The molecule has 1 saturated heterocycles. The average Bonchev–Trinajstić information content (AvgIpc) is 2.63. The van der Waals surface area contributed by atoms with E-state index in [1.165, 1.54) is 12.1 Å². The molecule has 2 aromatic rings. The summed E-state index contributed by atoms with van der Waals surface area (Å²) in [4.78, 5) is 28.5. The van der Waals surface area contributed by atoms with Crippen molar-refractivity contribution in [2.75, 3.05) is 26.2 Å². The van der Waals surface area contributed by atoms with E-state index in [1.807, 2.05) is 31.2 Å². The summed E-state index contributed by atoms with van der Waals surface area (Å²) in [7, 11) is 0. The monoisotopic (exact) mass is 340 g/mol. The van der Waals surface area contributed by atoms with E-state index in [0.717, 1.165) is 5.56 Å². The van der Waals surface area contributed by atoms with Crippen LogP contribution in [0.25, 0.3) is 0 Å². The summed E-state index contributed by atoms with van der Waals surface area (Å²) in [6.07, 6.45) is 0. The van der Waals surface area contributed by atoms with Crippen molar-refractivity contribution < 1.29 is 14.0 Å². The van der Waals surface area contributed by atoms with E-state index in [-0.39, 0.29) is 17.6 Å². The minimum atomic E-state index is -0.315. The van der Waals surface area contributed by atoms with Crippen LogP contribution in [0, 0.1) is 19.7 Å². The summed E-state index contributed by atoms with van der Waals surface area (Å²) in [5.41, 5.74) is 2.72. The summed E-state index contributed by atoms with van der Waals surface area (Å²) in [6.45, 7) is 5.58. The second-order valence-corrected chi connectivity index (χ2v) is 6.41. The first-order chi connectivity index (χ1) is 12.0. The van der Waals surface area contributed by atoms with Gasteiger partial charge in [0.25, 0.3) is 11.8 Å². The van der Waals surface area contributed by atoms with Crippen molar-refractivity contribution in [3.05, 3.63) is 70.5 Å². The van der Waals surface area contributed by atoms with Crippen molar-refractivity contribution in [1.82, 2.24) is 9.80 Å². The third kappa shape index (κ3) is 3.71. The molecule has 0 unspecified atom stereocenters. The maximum atomic E-state index is 13.4. The molecule has 130 valence electrons. The lowest BCUT2D eigenvalue weighted by molar-refractivity contribution is 0.0535. The van der Waals surface area contributed by atoms with Gasteiger partial charge in [0.05, 0.1) is 0 Å². The SMILES string of the molecule is Cc1ccc(C(=O)N2CCN(C(=O)c3ccc(F)c(C)c3)CC2)cc1.